The Balaban J connectivity index is 2.53. The molecule has 0 fully saturated rings. The van der Waals surface area contributed by atoms with E-state index < -0.39 is 10.9 Å². The van der Waals surface area contributed by atoms with Crippen molar-refractivity contribution in [2.24, 2.45) is 0 Å². The fourth-order valence-corrected chi connectivity index (χ4v) is 1.46. The topological polar surface area (TPSA) is 98.9 Å². The van der Waals surface area contributed by atoms with Crippen LogP contribution in [0.4, 0.5) is 5.69 Å². The summed E-state index contributed by atoms with van der Waals surface area (Å²) in [5.41, 5.74) is -0.140. The summed E-state index contributed by atoms with van der Waals surface area (Å²) in [4.78, 5) is 20.7. The average molecular weight is 237 g/mol. The quantitative estimate of drug-likeness (QED) is 0.485. The van der Waals surface area contributed by atoms with E-state index in [1.807, 2.05) is 0 Å². The van der Waals surface area contributed by atoms with Crippen LogP contribution < -0.4 is 9.47 Å². The fraction of sp³-hybridized carbons (Fsp3) is 0.100. The lowest BCUT2D eigenvalue weighted by atomic mass is 10.1. The van der Waals surface area contributed by atoms with Gasteiger partial charge in [-0.25, -0.2) is 4.79 Å². The van der Waals surface area contributed by atoms with Crippen LogP contribution in [0.1, 0.15) is 5.56 Å². The van der Waals surface area contributed by atoms with Crippen LogP contribution in [0.2, 0.25) is 0 Å². The molecule has 0 aliphatic carbocycles. The first-order valence-electron chi connectivity index (χ1n) is 4.57. The number of carbonyl (C=O) groups is 1. The number of benzene rings is 1. The Labute approximate surface area is 95.0 Å². The van der Waals surface area contributed by atoms with E-state index in [0.717, 1.165) is 12.2 Å². The van der Waals surface area contributed by atoms with E-state index in [4.69, 9.17) is 14.6 Å². The molecule has 1 aliphatic rings. The molecular formula is C10H7NO6. The molecule has 0 bridgehead atoms. The van der Waals surface area contributed by atoms with Gasteiger partial charge >= 0.3 is 11.7 Å². The standard InChI is InChI=1S/C10H7NO6/c12-8(13)4-2-6-1-3-7-10(17-5-16-7)9(6)11(14)15/h1-4H,5H2,(H,12,13). The number of carboxylic acid groups (broad SMARTS) is 1. The molecule has 0 atom stereocenters. The molecular weight excluding hydrogens is 230 g/mol. The zero-order chi connectivity index (χ0) is 12.4. The smallest absolute Gasteiger partial charge is 0.328 e. The first-order chi connectivity index (χ1) is 8.09. The Morgan fingerprint density at radius 3 is 2.88 bits per heavy atom. The summed E-state index contributed by atoms with van der Waals surface area (Å²) < 4.78 is 10.00. The van der Waals surface area contributed by atoms with Crippen LogP contribution in [0.5, 0.6) is 11.5 Å². The second-order valence-electron chi connectivity index (χ2n) is 3.17. The highest BCUT2D eigenvalue weighted by molar-refractivity contribution is 5.87. The number of carboxylic acids is 1. The van der Waals surface area contributed by atoms with Gasteiger partial charge in [-0.05, 0) is 18.2 Å². The highest BCUT2D eigenvalue weighted by Gasteiger charge is 2.28. The largest absolute Gasteiger partial charge is 0.478 e. The number of hydrogen-bond donors (Lipinski definition) is 1. The molecule has 1 aromatic carbocycles. The molecule has 1 aromatic rings. The van der Waals surface area contributed by atoms with E-state index in [-0.39, 0.29) is 29.5 Å². The van der Waals surface area contributed by atoms with Crippen molar-refractivity contribution in [3.05, 3.63) is 33.9 Å². The summed E-state index contributed by atoms with van der Waals surface area (Å²) in [5, 5.41) is 19.4. The lowest BCUT2D eigenvalue weighted by molar-refractivity contribution is -0.385. The minimum Gasteiger partial charge on any atom is -0.478 e. The highest BCUT2D eigenvalue weighted by Crippen LogP contribution is 2.43. The molecule has 1 heterocycles. The molecule has 7 heteroatoms. The van der Waals surface area contributed by atoms with Crippen LogP contribution in [0.25, 0.3) is 6.08 Å². The second-order valence-corrected chi connectivity index (χ2v) is 3.17. The van der Waals surface area contributed by atoms with Crippen molar-refractivity contribution in [2.45, 2.75) is 0 Å². The van der Waals surface area contributed by atoms with Crippen molar-refractivity contribution in [2.75, 3.05) is 6.79 Å². The van der Waals surface area contributed by atoms with Crippen LogP contribution in [-0.4, -0.2) is 22.8 Å². The first-order valence-corrected chi connectivity index (χ1v) is 4.57. The lowest BCUT2D eigenvalue weighted by Crippen LogP contribution is -1.96. The van der Waals surface area contributed by atoms with E-state index in [1.165, 1.54) is 12.1 Å². The number of nitrogens with zero attached hydrogens (tertiary/aromatic N) is 1. The molecule has 0 saturated carbocycles. The zero-order valence-corrected chi connectivity index (χ0v) is 8.45. The van der Waals surface area contributed by atoms with Gasteiger partial charge in [0.05, 0.1) is 10.5 Å². The van der Waals surface area contributed by atoms with Crippen molar-refractivity contribution < 1.29 is 24.3 Å². The molecule has 1 N–H and O–H groups in total. The van der Waals surface area contributed by atoms with Gasteiger partial charge in [-0.1, -0.05) is 0 Å². The van der Waals surface area contributed by atoms with Crippen molar-refractivity contribution in [3.8, 4) is 11.5 Å². The molecule has 88 valence electrons. The number of nitro groups is 1. The first kappa shape index (κ1) is 10.9. The molecule has 1 aliphatic heterocycles. The predicted molar refractivity (Wildman–Crippen MR) is 55.9 cm³/mol. The molecule has 0 radical (unpaired) electrons. The number of nitro benzene ring substituents is 1. The maximum atomic E-state index is 10.9. The number of ether oxygens (including phenoxy) is 2. The number of fused-ring (bicyclic) bond motifs is 1. The normalized spacial score (nSPS) is 12.9. The molecule has 0 aromatic heterocycles. The van der Waals surface area contributed by atoms with Gasteiger partial charge in [0.1, 0.15) is 0 Å². The third-order valence-electron chi connectivity index (χ3n) is 2.13. The molecule has 0 saturated heterocycles. The van der Waals surface area contributed by atoms with Gasteiger partial charge in [-0.3, -0.25) is 10.1 Å². The summed E-state index contributed by atoms with van der Waals surface area (Å²) in [7, 11) is 0. The summed E-state index contributed by atoms with van der Waals surface area (Å²) in [6.07, 6.45) is 1.97. The van der Waals surface area contributed by atoms with Crippen molar-refractivity contribution in [1.82, 2.24) is 0 Å². The van der Waals surface area contributed by atoms with Gasteiger partial charge in [0.2, 0.25) is 12.5 Å². The molecule has 7 nitrogen and oxygen atoms in total. The summed E-state index contributed by atoms with van der Waals surface area (Å²) in [6, 6.07) is 2.90. The van der Waals surface area contributed by atoms with E-state index in [0.29, 0.717) is 0 Å². The van der Waals surface area contributed by atoms with E-state index >= 15 is 0 Å². The Bertz CT molecular complexity index is 522. The molecule has 17 heavy (non-hydrogen) atoms. The predicted octanol–water partition coefficient (Wildman–Crippen LogP) is 1.42. The van der Waals surface area contributed by atoms with Gasteiger partial charge in [0.25, 0.3) is 0 Å². The Morgan fingerprint density at radius 2 is 2.24 bits per heavy atom. The SMILES string of the molecule is O=C(O)C=Cc1ccc2c(c1[N+](=O)[O-])OCO2. The van der Waals surface area contributed by atoms with Crippen molar-refractivity contribution in [1.29, 1.82) is 0 Å². The second kappa shape index (κ2) is 4.12. The van der Waals surface area contributed by atoms with Crippen LogP contribution in [-0.2, 0) is 4.79 Å². The Hall–Kier alpha value is -2.57. The maximum absolute atomic E-state index is 10.9. The summed E-state index contributed by atoms with van der Waals surface area (Å²) in [5.74, 6) is -0.872. The summed E-state index contributed by atoms with van der Waals surface area (Å²) >= 11 is 0. The van der Waals surface area contributed by atoms with Crippen LogP contribution in [0, 0.1) is 10.1 Å². The minimum atomic E-state index is -1.18. The maximum Gasteiger partial charge on any atom is 0.328 e. The Morgan fingerprint density at radius 1 is 1.47 bits per heavy atom. The molecule has 0 spiro atoms. The van der Waals surface area contributed by atoms with Gasteiger partial charge in [0, 0.05) is 6.08 Å². The minimum absolute atomic E-state index is 0.0301. The number of aliphatic carboxylic acids is 1. The van der Waals surface area contributed by atoms with E-state index in [1.54, 1.807) is 0 Å². The summed E-state index contributed by atoms with van der Waals surface area (Å²) in [6.45, 7) is -0.0811. The third kappa shape index (κ3) is 2.03. The molecule has 0 unspecified atom stereocenters. The van der Waals surface area contributed by atoms with Crippen molar-refractivity contribution >= 4 is 17.7 Å². The average Bonchev–Trinajstić information content (AvgIpc) is 2.72. The van der Waals surface area contributed by atoms with Crippen LogP contribution in [0.3, 0.4) is 0 Å². The zero-order valence-electron chi connectivity index (χ0n) is 8.45. The van der Waals surface area contributed by atoms with Crippen LogP contribution in [0.15, 0.2) is 18.2 Å². The Kier molecular flexibility index (Phi) is 2.65. The molecule has 0 amide bonds. The van der Waals surface area contributed by atoms with Crippen LogP contribution >= 0.6 is 0 Å². The van der Waals surface area contributed by atoms with Gasteiger partial charge in [0.15, 0.2) is 5.75 Å². The van der Waals surface area contributed by atoms with Gasteiger partial charge < -0.3 is 14.6 Å². The highest BCUT2D eigenvalue weighted by atomic mass is 16.7. The van der Waals surface area contributed by atoms with E-state index in [9.17, 15) is 14.9 Å². The van der Waals surface area contributed by atoms with Gasteiger partial charge in [-0.15, -0.1) is 0 Å². The van der Waals surface area contributed by atoms with Gasteiger partial charge in [-0.2, -0.15) is 0 Å². The van der Waals surface area contributed by atoms with Crippen molar-refractivity contribution in [3.63, 3.8) is 0 Å². The monoisotopic (exact) mass is 237 g/mol. The number of rotatable bonds is 3. The van der Waals surface area contributed by atoms with E-state index in [2.05, 4.69) is 0 Å². The fourth-order valence-electron chi connectivity index (χ4n) is 1.46. The lowest BCUT2D eigenvalue weighted by Gasteiger charge is -2.01. The number of hydrogen-bond acceptors (Lipinski definition) is 5. The molecule has 2 rings (SSSR count). The third-order valence-corrected chi connectivity index (χ3v) is 2.13.